The average Bonchev–Trinajstić information content (AvgIpc) is 2.30. The molecular formula is C11H22N2O3. The van der Waals surface area contributed by atoms with Crippen molar-refractivity contribution in [2.45, 2.75) is 19.4 Å². The summed E-state index contributed by atoms with van der Waals surface area (Å²) in [5.41, 5.74) is 0. The predicted molar refractivity (Wildman–Crippen MR) is 61.4 cm³/mol. The van der Waals surface area contributed by atoms with Gasteiger partial charge in [-0.3, -0.25) is 4.79 Å². The lowest BCUT2D eigenvalue weighted by molar-refractivity contribution is -0.143. The normalized spacial score (nSPS) is 21.1. The van der Waals surface area contributed by atoms with Crippen molar-refractivity contribution in [3.05, 3.63) is 0 Å². The molecule has 1 saturated heterocycles. The van der Waals surface area contributed by atoms with Crippen LogP contribution in [0.4, 0.5) is 0 Å². The van der Waals surface area contributed by atoms with Gasteiger partial charge in [-0.2, -0.15) is 0 Å². The van der Waals surface area contributed by atoms with Crippen LogP contribution >= 0.6 is 0 Å². The van der Waals surface area contributed by atoms with Crippen LogP contribution < -0.4 is 5.32 Å². The monoisotopic (exact) mass is 230 g/mol. The highest BCUT2D eigenvalue weighted by atomic mass is 16.5. The molecule has 0 aliphatic carbocycles. The molecule has 1 rings (SSSR count). The first-order valence-corrected chi connectivity index (χ1v) is 5.89. The fourth-order valence-electron chi connectivity index (χ4n) is 1.69. The minimum absolute atomic E-state index is 0.0675. The van der Waals surface area contributed by atoms with Crippen LogP contribution in [0.25, 0.3) is 0 Å². The number of hydrogen-bond acceptors (Lipinski definition) is 4. The van der Waals surface area contributed by atoms with Gasteiger partial charge in [-0.25, -0.2) is 0 Å². The van der Waals surface area contributed by atoms with E-state index < -0.39 is 0 Å². The number of likely N-dealkylation sites (N-methyl/N-ethyl adjacent to an activating group) is 1. The maximum absolute atomic E-state index is 11.7. The van der Waals surface area contributed by atoms with Crippen LogP contribution in [0.15, 0.2) is 0 Å². The number of carbonyl (C=O) groups is 1. The molecular weight excluding hydrogens is 208 g/mol. The largest absolute Gasteiger partial charge is 0.373 e. The minimum Gasteiger partial charge on any atom is -0.373 e. The molecule has 1 atom stereocenters. The van der Waals surface area contributed by atoms with Gasteiger partial charge in [-0.05, 0) is 13.5 Å². The van der Waals surface area contributed by atoms with Crippen LogP contribution in [0.1, 0.15) is 13.3 Å². The van der Waals surface area contributed by atoms with Crippen molar-refractivity contribution in [1.29, 1.82) is 0 Å². The third-order valence-electron chi connectivity index (χ3n) is 2.50. The van der Waals surface area contributed by atoms with Crippen molar-refractivity contribution in [2.75, 3.05) is 46.5 Å². The van der Waals surface area contributed by atoms with Crippen LogP contribution in [0.5, 0.6) is 0 Å². The molecule has 16 heavy (non-hydrogen) atoms. The van der Waals surface area contributed by atoms with Gasteiger partial charge in [0.15, 0.2) is 0 Å². The minimum atomic E-state index is 0.0675. The molecule has 0 saturated carbocycles. The summed E-state index contributed by atoms with van der Waals surface area (Å²) in [6.45, 7) is 5.60. The molecule has 1 amide bonds. The zero-order valence-electron chi connectivity index (χ0n) is 10.2. The van der Waals surface area contributed by atoms with E-state index in [0.717, 1.165) is 13.0 Å². The summed E-state index contributed by atoms with van der Waals surface area (Å²) in [7, 11) is 1.88. The number of amides is 1. The fraction of sp³-hybridized carbons (Fsp3) is 0.909. The standard InChI is InChI=1S/C11H22N2O3/c1-3-5-15-9-11(14)13-4-6-16-10(8-13)7-12-2/h10,12H,3-9H2,1-2H3. The molecule has 1 N–H and O–H groups in total. The van der Waals surface area contributed by atoms with E-state index in [4.69, 9.17) is 9.47 Å². The van der Waals surface area contributed by atoms with Crippen molar-refractivity contribution >= 4 is 5.91 Å². The Hall–Kier alpha value is -0.650. The Balaban J connectivity index is 2.26. The topological polar surface area (TPSA) is 50.8 Å². The lowest BCUT2D eigenvalue weighted by atomic mass is 10.2. The summed E-state index contributed by atoms with van der Waals surface area (Å²) < 4.78 is 10.8. The highest BCUT2D eigenvalue weighted by Crippen LogP contribution is 2.05. The van der Waals surface area contributed by atoms with Crippen molar-refractivity contribution < 1.29 is 14.3 Å². The number of ether oxygens (including phenoxy) is 2. The summed E-state index contributed by atoms with van der Waals surface area (Å²) in [5.74, 6) is 0.0675. The zero-order chi connectivity index (χ0) is 11.8. The fourth-order valence-corrected chi connectivity index (χ4v) is 1.69. The maximum atomic E-state index is 11.7. The molecule has 0 aromatic carbocycles. The van der Waals surface area contributed by atoms with Crippen LogP contribution in [0.3, 0.4) is 0 Å². The summed E-state index contributed by atoms with van der Waals surface area (Å²) in [6, 6.07) is 0. The SMILES string of the molecule is CCCOCC(=O)N1CCOC(CNC)C1. The van der Waals surface area contributed by atoms with E-state index in [1.165, 1.54) is 0 Å². The van der Waals surface area contributed by atoms with Crippen LogP contribution in [0, 0.1) is 0 Å². The third kappa shape index (κ3) is 4.47. The predicted octanol–water partition coefficient (Wildman–Crippen LogP) is -0.140. The Labute approximate surface area is 97.1 Å². The highest BCUT2D eigenvalue weighted by Gasteiger charge is 2.23. The second kappa shape index (κ2) is 7.60. The summed E-state index contributed by atoms with van der Waals surface area (Å²) in [5, 5.41) is 3.05. The molecule has 5 heteroatoms. The summed E-state index contributed by atoms with van der Waals surface area (Å²) >= 11 is 0. The smallest absolute Gasteiger partial charge is 0.248 e. The molecule has 1 heterocycles. The van der Waals surface area contributed by atoms with E-state index in [2.05, 4.69) is 5.32 Å². The molecule has 1 aliphatic rings. The molecule has 0 spiro atoms. The number of hydrogen-bond donors (Lipinski definition) is 1. The van der Waals surface area contributed by atoms with Gasteiger partial charge in [-0.15, -0.1) is 0 Å². The lowest BCUT2D eigenvalue weighted by Gasteiger charge is -2.32. The van der Waals surface area contributed by atoms with Crippen LogP contribution in [-0.2, 0) is 14.3 Å². The first kappa shape index (κ1) is 13.4. The van der Waals surface area contributed by atoms with Crippen molar-refractivity contribution in [3.8, 4) is 0 Å². The summed E-state index contributed by atoms with van der Waals surface area (Å²) in [6.07, 6.45) is 1.05. The quantitative estimate of drug-likeness (QED) is 0.645. The number of carbonyl (C=O) groups excluding carboxylic acids is 1. The van der Waals surface area contributed by atoms with Gasteiger partial charge in [0.25, 0.3) is 0 Å². The Bertz CT molecular complexity index is 209. The Morgan fingerprint density at radius 3 is 3.12 bits per heavy atom. The van der Waals surface area contributed by atoms with Crippen LogP contribution in [0.2, 0.25) is 0 Å². The zero-order valence-corrected chi connectivity index (χ0v) is 10.2. The molecule has 5 nitrogen and oxygen atoms in total. The van der Waals surface area contributed by atoms with Gasteiger partial charge in [0.1, 0.15) is 6.61 Å². The number of nitrogens with one attached hydrogen (secondary N) is 1. The van der Waals surface area contributed by atoms with Gasteiger partial charge in [0, 0.05) is 26.2 Å². The van der Waals surface area contributed by atoms with E-state index in [9.17, 15) is 4.79 Å². The second-order valence-electron chi connectivity index (χ2n) is 3.94. The maximum Gasteiger partial charge on any atom is 0.248 e. The molecule has 1 fully saturated rings. The number of morpholine rings is 1. The molecule has 0 bridgehead atoms. The first-order valence-electron chi connectivity index (χ1n) is 5.89. The first-order chi connectivity index (χ1) is 7.77. The van der Waals surface area contributed by atoms with Gasteiger partial charge >= 0.3 is 0 Å². The van der Waals surface area contributed by atoms with Crippen molar-refractivity contribution in [1.82, 2.24) is 10.2 Å². The van der Waals surface area contributed by atoms with E-state index in [-0.39, 0.29) is 18.6 Å². The average molecular weight is 230 g/mol. The molecule has 0 aromatic heterocycles. The van der Waals surface area contributed by atoms with Gasteiger partial charge in [0.05, 0.1) is 12.7 Å². The molecule has 1 aliphatic heterocycles. The van der Waals surface area contributed by atoms with Crippen molar-refractivity contribution in [3.63, 3.8) is 0 Å². The lowest BCUT2D eigenvalue weighted by Crippen LogP contribution is -2.49. The molecule has 0 aromatic rings. The molecule has 0 radical (unpaired) electrons. The van der Waals surface area contributed by atoms with E-state index >= 15 is 0 Å². The van der Waals surface area contributed by atoms with Gasteiger partial charge in [-0.1, -0.05) is 6.92 Å². The Morgan fingerprint density at radius 2 is 2.44 bits per heavy atom. The molecule has 1 unspecified atom stereocenters. The van der Waals surface area contributed by atoms with Gasteiger partial charge in [0.2, 0.25) is 5.91 Å². The van der Waals surface area contributed by atoms with Crippen molar-refractivity contribution in [2.24, 2.45) is 0 Å². The Morgan fingerprint density at radius 1 is 1.62 bits per heavy atom. The number of rotatable bonds is 6. The van der Waals surface area contributed by atoms with Crippen LogP contribution in [-0.4, -0.2) is 63.4 Å². The van der Waals surface area contributed by atoms with E-state index in [1.807, 2.05) is 18.9 Å². The third-order valence-corrected chi connectivity index (χ3v) is 2.50. The van der Waals surface area contributed by atoms with E-state index in [0.29, 0.717) is 26.3 Å². The van der Waals surface area contributed by atoms with E-state index in [1.54, 1.807) is 0 Å². The Kier molecular flexibility index (Phi) is 6.37. The number of nitrogens with zero attached hydrogens (tertiary/aromatic N) is 1. The second-order valence-corrected chi connectivity index (χ2v) is 3.94. The summed E-state index contributed by atoms with van der Waals surface area (Å²) in [4.78, 5) is 13.6. The molecule has 94 valence electrons. The van der Waals surface area contributed by atoms with Gasteiger partial charge < -0.3 is 19.7 Å². The highest BCUT2D eigenvalue weighted by molar-refractivity contribution is 5.77.